The Hall–Kier alpha value is -1.28. The van der Waals surface area contributed by atoms with Gasteiger partial charge in [0.05, 0.1) is 0 Å². The van der Waals surface area contributed by atoms with Crippen LogP contribution in [-0.4, -0.2) is 11.5 Å². The lowest BCUT2D eigenvalue weighted by atomic mass is 10.1. The van der Waals surface area contributed by atoms with Gasteiger partial charge in [0.25, 0.3) is 0 Å². The van der Waals surface area contributed by atoms with Crippen molar-refractivity contribution in [2.45, 2.75) is 34.2 Å². The summed E-state index contributed by atoms with van der Waals surface area (Å²) in [5, 5.41) is 4.79. The highest BCUT2D eigenvalue weighted by Gasteiger charge is 2.04. The molecule has 92 valence electrons. The first-order valence-electron chi connectivity index (χ1n) is 6.36. The summed E-state index contributed by atoms with van der Waals surface area (Å²) in [7, 11) is 0. The Kier molecular flexibility index (Phi) is 3.53. The van der Waals surface area contributed by atoms with Gasteiger partial charge in [0.15, 0.2) is 0 Å². The van der Waals surface area contributed by atoms with Crippen LogP contribution in [0.2, 0.25) is 0 Å². The fourth-order valence-corrected chi connectivity index (χ4v) is 2.26. The van der Waals surface area contributed by atoms with Gasteiger partial charge in [-0.25, -0.2) is 0 Å². The van der Waals surface area contributed by atoms with Crippen molar-refractivity contribution < 1.29 is 0 Å². The number of aromatic amines is 1. The van der Waals surface area contributed by atoms with Crippen LogP contribution < -0.4 is 5.32 Å². The Bertz CT molecular complexity index is 509. The first kappa shape index (κ1) is 12.2. The molecule has 1 aromatic heterocycles. The van der Waals surface area contributed by atoms with Crippen LogP contribution in [0.1, 0.15) is 30.7 Å². The number of nitrogens with one attached hydrogen (secondary N) is 2. The molecule has 0 amide bonds. The molecule has 0 unspecified atom stereocenters. The second-order valence-corrected chi connectivity index (χ2v) is 5.37. The van der Waals surface area contributed by atoms with E-state index in [1.54, 1.807) is 0 Å². The van der Waals surface area contributed by atoms with Crippen LogP contribution in [0.25, 0.3) is 10.9 Å². The zero-order chi connectivity index (χ0) is 12.4. The summed E-state index contributed by atoms with van der Waals surface area (Å²) >= 11 is 0. The van der Waals surface area contributed by atoms with Crippen molar-refractivity contribution in [3.63, 3.8) is 0 Å². The SMILES string of the molecule is Cc1cc(C)c2[nH]c(CNCC(C)C)cc2c1. The molecule has 0 aliphatic carbocycles. The number of aryl methyl sites for hydroxylation is 2. The smallest absolute Gasteiger partial charge is 0.0486 e. The van der Waals surface area contributed by atoms with E-state index in [-0.39, 0.29) is 0 Å². The van der Waals surface area contributed by atoms with Gasteiger partial charge in [0.2, 0.25) is 0 Å². The molecule has 2 heteroatoms. The van der Waals surface area contributed by atoms with E-state index in [0.717, 1.165) is 13.1 Å². The molecule has 1 heterocycles. The predicted octanol–water partition coefficient (Wildman–Crippen LogP) is 3.53. The second kappa shape index (κ2) is 4.92. The topological polar surface area (TPSA) is 27.8 Å². The molecule has 0 radical (unpaired) electrons. The molecule has 0 atom stereocenters. The van der Waals surface area contributed by atoms with Gasteiger partial charge in [-0.1, -0.05) is 25.5 Å². The predicted molar refractivity (Wildman–Crippen MR) is 74.3 cm³/mol. The molecule has 2 N–H and O–H groups in total. The Morgan fingerprint density at radius 3 is 2.65 bits per heavy atom. The minimum absolute atomic E-state index is 0.698. The third kappa shape index (κ3) is 2.89. The highest BCUT2D eigenvalue weighted by atomic mass is 14.9. The van der Waals surface area contributed by atoms with Crippen molar-refractivity contribution in [3.05, 3.63) is 35.0 Å². The molecule has 1 aromatic carbocycles. The van der Waals surface area contributed by atoms with Crippen LogP contribution in [0.15, 0.2) is 18.2 Å². The summed E-state index contributed by atoms with van der Waals surface area (Å²) in [5.41, 5.74) is 5.21. The largest absolute Gasteiger partial charge is 0.357 e. The molecular weight excluding hydrogens is 208 g/mol. The van der Waals surface area contributed by atoms with Crippen molar-refractivity contribution in [1.82, 2.24) is 10.3 Å². The number of benzene rings is 1. The van der Waals surface area contributed by atoms with Crippen LogP contribution in [0.3, 0.4) is 0 Å². The number of hydrogen-bond acceptors (Lipinski definition) is 1. The minimum atomic E-state index is 0.698. The van der Waals surface area contributed by atoms with Gasteiger partial charge in [0.1, 0.15) is 0 Å². The third-order valence-electron chi connectivity index (χ3n) is 2.99. The first-order valence-corrected chi connectivity index (χ1v) is 6.36. The van der Waals surface area contributed by atoms with E-state index in [1.165, 1.54) is 27.7 Å². The summed E-state index contributed by atoms with van der Waals surface area (Å²) < 4.78 is 0. The van der Waals surface area contributed by atoms with Crippen molar-refractivity contribution in [1.29, 1.82) is 0 Å². The Balaban J connectivity index is 2.17. The van der Waals surface area contributed by atoms with Crippen molar-refractivity contribution in [2.75, 3.05) is 6.54 Å². The second-order valence-electron chi connectivity index (χ2n) is 5.37. The highest BCUT2D eigenvalue weighted by molar-refractivity contribution is 5.84. The van der Waals surface area contributed by atoms with Crippen molar-refractivity contribution in [3.8, 4) is 0 Å². The molecule has 0 saturated heterocycles. The summed E-state index contributed by atoms with van der Waals surface area (Å²) in [6.07, 6.45) is 0. The first-order chi connectivity index (χ1) is 8.06. The number of H-pyrrole nitrogens is 1. The summed E-state index contributed by atoms with van der Waals surface area (Å²) in [5.74, 6) is 0.698. The molecule has 2 aromatic rings. The van der Waals surface area contributed by atoms with Crippen LogP contribution in [0.4, 0.5) is 0 Å². The van der Waals surface area contributed by atoms with Crippen LogP contribution in [0.5, 0.6) is 0 Å². The quantitative estimate of drug-likeness (QED) is 0.826. The van der Waals surface area contributed by atoms with Gasteiger partial charge in [-0.3, -0.25) is 0 Å². The number of aromatic nitrogens is 1. The zero-order valence-electron chi connectivity index (χ0n) is 11.2. The van der Waals surface area contributed by atoms with E-state index < -0.39 is 0 Å². The summed E-state index contributed by atoms with van der Waals surface area (Å²) in [6.45, 7) is 10.8. The molecule has 2 nitrogen and oxygen atoms in total. The Morgan fingerprint density at radius 1 is 1.18 bits per heavy atom. The maximum absolute atomic E-state index is 3.50. The normalized spacial score (nSPS) is 11.6. The number of rotatable bonds is 4. The Morgan fingerprint density at radius 2 is 1.94 bits per heavy atom. The lowest BCUT2D eigenvalue weighted by molar-refractivity contribution is 0.549. The van der Waals surface area contributed by atoms with E-state index in [9.17, 15) is 0 Å². The van der Waals surface area contributed by atoms with E-state index in [4.69, 9.17) is 0 Å². The molecule has 0 saturated carbocycles. The van der Waals surface area contributed by atoms with E-state index in [0.29, 0.717) is 5.92 Å². The van der Waals surface area contributed by atoms with Gasteiger partial charge in [-0.05, 0) is 44.0 Å². The average Bonchev–Trinajstić information content (AvgIpc) is 2.60. The van der Waals surface area contributed by atoms with Gasteiger partial charge in [0, 0.05) is 23.1 Å². The van der Waals surface area contributed by atoms with Gasteiger partial charge in [-0.15, -0.1) is 0 Å². The van der Waals surface area contributed by atoms with E-state index >= 15 is 0 Å². The van der Waals surface area contributed by atoms with Crippen LogP contribution in [-0.2, 0) is 6.54 Å². The Labute approximate surface area is 103 Å². The molecule has 0 bridgehead atoms. The maximum atomic E-state index is 3.50. The van der Waals surface area contributed by atoms with Crippen molar-refractivity contribution in [2.24, 2.45) is 5.92 Å². The third-order valence-corrected chi connectivity index (χ3v) is 2.99. The van der Waals surface area contributed by atoms with Crippen molar-refractivity contribution >= 4 is 10.9 Å². The van der Waals surface area contributed by atoms with Gasteiger partial charge >= 0.3 is 0 Å². The zero-order valence-corrected chi connectivity index (χ0v) is 11.2. The lowest BCUT2D eigenvalue weighted by Crippen LogP contribution is -2.19. The molecule has 0 aliphatic heterocycles. The molecular formula is C15H22N2. The molecule has 0 fully saturated rings. The summed E-state index contributed by atoms with van der Waals surface area (Å²) in [6, 6.07) is 6.72. The van der Waals surface area contributed by atoms with Crippen LogP contribution in [0, 0.1) is 19.8 Å². The standard InChI is InChI=1S/C15H22N2/c1-10(2)8-16-9-14-7-13-6-11(3)5-12(4)15(13)17-14/h5-7,10,16-17H,8-9H2,1-4H3. The molecule has 0 spiro atoms. The summed E-state index contributed by atoms with van der Waals surface area (Å²) in [4.78, 5) is 3.50. The van der Waals surface area contributed by atoms with Gasteiger partial charge < -0.3 is 10.3 Å². The maximum Gasteiger partial charge on any atom is 0.0486 e. The van der Waals surface area contributed by atoms with E-state index in [2.05, 4.69) is 56.2 Å². The molecule has 2 rings (SSSR count). The van der Waals surface area contributed by atoms with Crippen LogP contribution >= 0.6 is 0 Å². The molecule has 0 aliphatic rings. The number of hydrogen-bond donors (Lipinski definition) is 2. The fourth-order valence-electron chi connectivity index (χ4n) is 2.26. The number of fused-ring (bicyclic) bond motifs is 1. The van der Waals surface area contributed by atoms with Gasteiger partial charge in [-0.2, -0.15) is 0 Å². The van der Waals surface area contributed by atoms with E-state index in [1.807, 2.05) is 0 Å². The molecule has 17 heavy (non-hydrogen) atoms. The minimum Gasteiger partial charge on any atom is -0.357 e. The fraction of sp³-hybridized carbons (Fsp3) is 0.467. The lowest BCUT2D eigenvalue weighted by Gasteiger charge is -2.05. The average molecular weight is 230 g/mol. The monoisotopic (exact) mass is 230 g/mol. The highest BCUT2D eigenvalue weighted by Crippen LogP contribution is 2.21.